The molecule has 0 spiro atoms. The first-order valence-electron chi connectivity index (χ1n) is 45.0. The molecule has 0 bridgehead atoms. The molecule has 11 rings (SSSR count). The highest BCUT2D eigenvalue weighted by atomic mass is 16.8. The number of nitrogens with one attached hydrogen (secondary N) is 5. The summed E-state index contributed by atoms with van der Waals surface area (Å²) in [7, 11) is 0. The minimum atomic E-state index is -1.75. The Bertz CT molecular complexity index is 4130. The van der Waals surface area contributed by atoms with Crippen LogP contribution in [0.4, 0.5) is 24.0 Å². The number of hydrogen-bond acceptors (Lipinski definition) is 37. The zero-order valence-corrected chi connectivity index (χ0v) is 75.6. The number of amides is 5. The van der Waals surface area contributed by atoms with Crippen molar-refractivity contribution >= 4 is 42.0 Å². The van der Waals surface area contributed by atoms with Gasteiger partial charge in [-0.25, -0.2) is 24.0 Å². The SMILES string of the molecule is CC(C)(C)OC(=O)NC[C@H](O)C(=O)C[C@@H]1C[C@H](N)[C@@H](O[C@H]2O[C@H](CN)CC[C@H]2N)[C@H](O[C@@H]2O[C@H](CO)[C@@H](O[C@H]3O[C@@H](CN)CC[C@H]3N)[C@H]2O)[C@H]1O.CC[C@@H]1C=C[C@@H](NC(=O)OCc2ccccc2)[C@@H](O[C@H]2[C@H](O[C@@H]3O[C@H](CO)[C@@H](O[C@H]4O[C@@H](CNC(=O)OCc5ccccc5)C=C[C@H]4NC(=O)OCc4ccccc4)[C@H]3O)[C@@H](O)[C@H](CC(=O)[C@@H](O)CNC(=O)OC(C)(C)C)C[C@@H]2C)O1. The van der Waals surface area contributed by atoms with Gasteiger partial charge >= 0.3 is 30.5 Å². The first-order chi connectivity index (χ1) is 62.9. The van der Waals surface area contributed by atoms with Gasteiger partial charge in [-0.3, -0.25) is 9.59 Å². The van der Waals surface area contributed by atoms with E-state index in [0.29, 0.717) is 32.1 Å². The van der Waals surface area contributed by atoms with Gasteiger partial charge in [0.25, 0.3) is 0 Å². The van der Waals surface area contributed by atoms with Crippen molar-refractivity contribution in [3.63, 3.8) is 0 Å². The molecule has 6 fully saturated rings. The van der Waals surface area contributed by atoms with Gasteiger partial charge in [0.2, 0.25) is 0 Å². The fourth-order valence-corrected chi connectivity index (χ4v) is 16.4. The summed E-state index contributed by atoms with van der Waals surface area (Å²) in [5.74, 6) is -3.70. The number of alkyl carbamates (subject to hydrolysis) is 5. The smallest absolute Gasteiger partial charge is 0.408 e. The Kier molecular flexibility index (Phi) is 40.6. The van der Waals surface area contributed by atoms with Gasteiger partial charge in [0.15, 0.2) is 49.3 Å². The summed E-state index contributed by atoms with van der Waals surface area (Å²) in [5.41, 5.74) is 31.4. The van der Waals surface area contributed by atoms with E-state index in [1.807, 2.05) is 49.4 Å². The van der Waals surface area contributed by atoms with Crippen molar-refractivity contribution in [3.05, 3.63) is 132 Å². The standard InChI is InChI=1S/C58H76N4O19.C32H60N6O13/c1-6-39-22-24-41(61-56(70)73-32-36-18-12-8-13-19-36)51(75-39)78-48-34(2)26-38(27-43(64)44(65)29-60-55(69)81-58(3,4)5)46(66)50(48)80-53-47(67)49(45(30-63)77-53)79-52-42(62-57(71)74-33-37-20-14-9-15-21-37)25-23-40(76-52)28-59-54(68)72-31-35-16-10-7-11-17-35;1-32(2,3)51-31(44)38-12-21(41)20(40)9-14-8-19(37)25(48-28-17(35)6-4-15(10-33)45-28)27(23(14)42)50-30-24(43)26(22(13-39)47-30)49-29-18(36)7-5-16(11-34)46-29/h7-25,34,38-42,44-53,63,65-67H,6,26-33H2,1-5H3,(H,59,68)(H,60,69)(H,61,70)(H,62,71);14-19,21-30,39,41-43H,4-13,33-37H2,1-3H3,(H,38,44)/t34-,38-,39+,40+,41+,42+,44-,45+,46-,47+,48+,49+,50+,51+,52+,53-;14-,15-,16+,17+,18+,19-,21-,22+,23-,24+,25+,26+,27+,28+,29+,30-/m00/s1. The summed E-state index contributed by atoms with van der Waals surface area (Å²) in [5, 5.41) is 103. The molecule has 8 aliphatic rings. The summed E-state index contributed by atoms with van der Waals surface area (Å²) >= 11 is 0. The van der Waals surface area contributed by atoms with Crippen molar-refractivity contribution in [1.82, 2.24) is 26.6 Å². The Labute approximate surface area is 766 Å². The number of aliphatic hydroxyl groups excluding tert-OH is 8. The second-order valence-corrected chi connectivity index (χ2v) is 36.2. The molecular weight excluding hydrogens is 1730 g/mol. The van der Waals surface area contributed by atoms with Crippen LogP contribution in [0.1, 0.15) is 130 Å². The number of hydrogen-bond donors (Lipinski definition) is 18. The summed E-state index contributed by atoms with van der Waals surface area (Å²) in [6, 6.07) is 23.2. The second kappa shape index (κ2) is 50.6. The largest absolute Gasteiger partial charge is 0.445 e. The molecule has 738 valence electrons. The van der Waals surface area contributed by atoms with Crippen molar-refractivity contribution in [2.75, 3.05) is 45.9 Å². The molecular formula is C90H136N10O32. The van der Waals surface area contributed by atoms with E-state index in [9.17, 15) is 74.4 Å². The monoisotopic (exact) mass is 1870 g/mol. The van der Waals surface area contributed by atoms with Crippen LogP contribution in [0.2, 0.25) is 0 Å². The van der Waals surface area contributed by atoms with Crippen molar-refractivity contribution in [2.24, 2.45) is 46.4 Å². The summed E-state index contributed by atoms with van der Waals surface area (Å²) < 4.78 is 101. The first-order valence-corrected chi connectivity index (χ1v) is 45.0. The average Bonchev–Trinajstić information content (AvgIpc) is 1.18. The molecule has 3 aromatic rings. The zero-order chi connectivity index (χ0) is 95.7. The van der Waals surface area contributed by atoms with Crippen LogP contribution >= 0.6 is 0 Å². The van der Waals surface area contributed by atoms with E-state index < -0.39 is 263 Å². The van der Waals surface area contributed by atoms with Gasteiger partial charge in [-0.05, 0) is 121 Å². The third kappa shape index (κ3) is 31.4. The third-order valence-corrected chi connectivity index (χ3v) is 23.4. The summed E-state index contributed by atoms with van der Waals surface area (Å²) in [6.45, 7) is 11.8. The molecule has 132 heavy (non-hydrogen) atoms. The highest BCUT2D eigenvalue weighted by Gasteiger charge is 2.56. The van der Waals surface area contributed by atoms with Gasteiger partial charge in [0.05, 0.1) is 87.7 Å². The lowest BCUT2D eigenvalue weighted by Gasteiger charge is -2.46. The summed E-state index contributed by atoms with van der Waals surface area (Å²) in [4.78, 5) is 90.4. The van der Waals surface area contributed by atoms with Crippen LogP contribution in [0.25, 0.3) is 0 Å². The highest BCUT2D eigenvalue weighted by Crippen LogP contribution is 2.42. The Balaban J connectivity index is 0.000000304. The number of aliphatic hydroxyl groups is 8. The molecule has 5 amide bonds. The van der Waals surface area contributed by atoms with Crippen LogP contribution in [0.15, 0.2) is 115 Å². The van der Waals surface area contributed by atoms with Gasteiger partial charge in [-0.1, -0.05) is 129 Å². The minimum absolute atomic E-state index is 0.0116. The van der Waals surface area contributed by atoms with E-state index in [2.05, 4.69) is 26.6 Å². The predicted molar refractivity (Wildman–Crippen MR) is 465 cm³/mol. The maximum Gasteiger partial charge on any atom is 0.408 e. The molecule has 6 heterocycles. The molecule has 42 heteroatoms. The van der Waals surface area contributed by atoms with Gasteiger partial charge in [-0.2, -0.15) is 0 Å². The Morgan fingerprint density at radius 2 is 0.811 bits per heavy atom. The molecule has 0 unspecified atom stereocenters. The Hall–Kier alpha value is -8.17. The first kappa shape index (κ1) is 106. The maximum absolute atomic E-state index is 13.6. The number of Topliss-reactive ketones (excluding diaryl/α,β-unsaturated/α-hetero) is 2. The third-order valence-electron chi connectivity index (χ3n) is 23.4. The van der Waals surface area contributed by atoms with Gasteiger partial charge < -0.3 is 177 Å². The molecule has 3 aromatic carbocycles. The summed E-state index contributed by atoms with van der Waals surface area (Å²) in [6.07, 6.45) is -24.1. The van der Waals surface area contributed by atoms with Crippen LogP contribution in [-0.4, -0.2) is 318 Å². The fraction of sp³-hybridized carbons (Fsp3) is 0.678. The van der Waals surface area contributed by atoms with Gasteiger partial charge in [-0.15, -0.1) is 0 Å². The Morgan fingerprint density at radius 3 is 1.23 bits per heavy atom. The van der Waals surface area contributed by atoms with Crippen molar-refractivity contribution in [1.29, 1.82) is 0 Å². The fourth-order valence-electron chi connectivity index (χ4n) is 16.4. The van der Waals surface area contributed by atoms with E-state index >= 15 is 0 Å². The lowest BCUT2D eigenvalue weighted by Crippen LogP contribution is -2.63. The molecule has 23 N–H and O–H groups in total. The normalized spacial score (nSPS) is 33.9. The molecule has 0 radical (unpaired) electrons. The number of ether oxygens (including phenoxy) is 17. The molecule has 4 saturated heterocycles. The molecule has 0 aromatic heterocycles. The van der Waals surface area contributed by atoms with E-state index in [1.165, 1.54) is 0 Å². The second-order valence-electron chi connectivity index (χ2n) is 36.2. The lowest BCUT2D eigenvalue weighted by atomic mass is 9.74. The van der Waals surface area contributed by atoms with Crippen molar-refractivity contribution in [2.45, 2.75) is 322 Å². The number of benzene rings is 3. The van der Waals surface area contributed by atoms with Crippen LogP contribution in [0.5, 0.6) is 0 Å². The average molecular weight is 1870 g/mol. The van der Waals surface area contributed by atoms with E-state index in [4.69, 9.17) is 109 Å². The van der Waals surface area contributed by atoms with Crippen LogP contribution in [0, 0.1) is 17.8 Å². The highest BCUT2D eigenvalue weighted by molar-refractivity contribution is 5.84. The van der Waals surface area contributed by atoms with Crippen molar-refractivity contribution in [3.8, 4) is 0 Å². The number of carbonyl (C=O) groups is 7. The van der Waals surface area contributed by atoms with Gasteiger partial charge in [0, 0.05) is 32.0 Å². The van der Waals surface area contributed by atoms with E-state index in [1.54, 1.807) is 121 Å². The topological polar surface area (TPSA) is 628 Å². The molecule has 2 aliphatic carbocycles. The molecule has 32 atom stereocenters. The van der Waals surface area contributed by atoms with Crippen LogP contribution < -0.4 is 55.3 Å². The minimum Gasteiger partial charge on any atom is -0.445 e. The van der Waals surface area contributed by atoms with Crippen LogP contribution in [0.3, 0.4) is 0 Å². The van der Waals surface area contributed by atoms with Crippen LogP contribution in [-0.2, 0) is 110 Å². The number of nitrogens with two attached hydrogens (primary N) is 5. The molecule has 2 saturated carbocycles. The number of ketones is 2. The molecule has 42 nitrogen and oxygen atoms in total. The zero-order valence-electron chi connectivity index (χ0n) is 75.6. The van der Waals surface area contributed by atoms with E-state index in [-0.39, 0.29) is 77.3 Å². The molecule has 6 aliphatic heterocycles. The van der Waals surface area contributed by atoms with Gasteiger partial charge in [0.1, 0.15) is 110 Å². The maximum atomic E-state index is 13.6. The van der Waals surface area contributed by atoms with Crippen molar-refractivity contribution < 1.29 is 155 Å². The quantitative estimate of drug-likeness (QED) is 0.0282. The number of rotatable bonds is 37. The van der Waals surface area contributed by atoms with E-state index in [0.717, 1.165) is 16.7 Å². The Morgan fingerprint density at radius 1 is 0.432 bits per heavy atom. The lowest BCUT2D eigenvalue weighted by molar-refractivity contribution is -0.291. The number of carbonyl (C=O) groups excluding carboxylic acids is 7. The predicted octanol–water partition coefficient (Wildman–Crippen LogP) is 0.926.